The number of hydrogen-bond acceptors (Lipinski definition) is 21. The number of carbonyl (C=O) groups excluding carboxylic acids is 1. The van der Waals surface area contributed by atoms with Crippen LogP contribution in [0.4, 0.5) is 11.5 Å². The summed E-state index contributed by atoms with van der Waals surface area (Å²) in [6.45, 7) is 2.62. The summed E-state index contributed by atoms with van der Waals surface area (Å²) < 4.78 is 139. The fourth-order valence-electron chi connectivity index (χ4n) is 12.5. The number of fused-ring (bicyclic) bond motifs is 5. The number of imidazole rings is 1. The van der Waals surface area contributed by atoms with Gasteiger partial charge in [-0.3, -0.25) is 23.0 Å². The number of rotatable bonds is 26. The third kappa shape index (κ3) is 13.8. The van der Waals surface area contributed by atoms with Crippen LogP contribution in [0.2, 0.25) is 0 Å². The number of sulfonamides is 1. The van der Waals surface area contributed by atoms with E-state index in [1.165, 1.54) is 34.1 Å². The van der Waals surface area contributed by atoms with Crippen molar-refractivity contribution in [2.45, 2.75) is 137 Å². The molecule has 10 N–H and O–H groups in total. The average Bonchev–Trinajstić information content (AvgIpc) is 1.29. The maximum Gasteiger partial charge on any atom is 0.490 e. The average molecular weight is 1310 g/mol. The molecule has 472 valence electrons. The van der Waals surface area contributed by atoms with E-state index in [1.807, 2.05) is 0 Å². The minimum atomic E-state index is -5.82. The summed E-state index contributed by atoms with van der Waals surface area (Å²) in [5, 5.41) is 25.8. The fourth-order valence-corrected chi connectivity index (χ4v) is 17.9. The quantitative estimate of drug-likeness (QED) is 0.0163. The number of unbranched alkanes of at least 4 members (excludes halogenated alkanes) is 5. The number of nitrogens with zero attached hydrogens (tertiary/aromatic N) is 6. The largest absolute Gasteiger partial charge is 0.490 e. The van der Waals surface area contributed by atoms with Crippen molar-refractivity contribution >= 4 is 77.8 Å². The number of anilines is 2. The summed E-state index contributed by atoms with van der Waals surface area (Å²) in [5.74, 6) is 1.15. The van der Waals surface area contributed by atoms with Gasteiger partial charge in [0, 0.05) is 84.2 Å². The van der Waals surface area contributed by atoms with Crippen LogP contribution in [0.1, 0.15) is 117 Å². The minimum Gasteiger partial charge on any atom is -0.455 e. The second-order valence-electron chi connectivity index (χ2n) is 22.3. The molecule has 1 fully saturated rings. The molecule has 0 aliphatic carbocycles. The minimum absolute atomic E-state index is 0.00891. The molecule has 11 rings (SSSR count). The molecule has 3 aromatic carbocycles. The fraction of sp³-hybridized carbons (Fsp3) is 0.528. The number of aliphatic hydroxyl groups excluding tert-OH is 2. The van der Waals surface area contributed by atoms with Gasteiger partial charge in [0.1, 0.15) is 59.6 Å². The number of aromatic nitrogens is 4. The Labute approximate surface area is 500 Å². The van der Waals surface area contributed by atoms with Gasteiger partial charge >= 0.3 is 23.5 Å². The summed E-state index contributed by atoms with van der Waals surface area (Å²) in [5.41, 5.74) is 13.2. The highest BCUT2D eigenvalue weighted by atomic mass is 32.2. The van der Waals surface area contributed by atoms with E-state index in [0.29, 0.717) is 62.1 Å². The van der Waals surface area contributed by atoms with Crippen LogP contribution in [0, 0.1) is 0 Å². The van der Waals surface area contributed by atoms with E-state index in [1.54, 1.807) is 0 Å². The number of benzene rings is 3. The molecule has 6 aliphatic rings. The van der Waals surface area contributed by atoms with E-state index < -0.39 is 86.3 Å². The third-order valence-corrected chi connectivity index (χ3v) is 23.0. The maximum absolute atomic E-state index is 13.8. The van der Waals surface area contributed by atoms with Crippen molar-refractivity contribution in [3.05, 3.63) is 86.9 Å². The highest BCUT2D eigenvalue weighted by Crippen LogP contribution is 2.68. The van der Waals surface area contributed by atoms with Crippen molar-refractivity contribution in [2.75, 3.05) is 63.1 Å². The number of nitrogens with two attached hydrogens (primary N) is 1. The molecule has 34 heteroatoms. The monoisotopic (exact) mass is 1310 g/mol. The summed E-state index contributed by atoms with van der Waals surface area (Å²) >= 11 is 0. The molecule has 3 unspecified atom stereocenters. The SMILES string of the molecule is Nc1ncnc2c1ncn2[C@@H]1O[C@H](COP(=O)(O)OP(=O)(O)OP(=O)(O)OCCCCCCNC(=O)CCCCCNS(=O)(=O)c2ccc(C3=c4cc5c6c(c4Oc4c3cc3c7c4CCCN7CCC3)CCC[N+]=6CCC5)c(S(=O)(=O)O)c2)[C@@H](O)[C@H]1O. The molecule has 6 aliphatic heterocycles. The van der Waals surface area contributed by atoms with E-state index in [0.717, 1.165) is 123 Å². The first-order valence-corrected chi connectivity index (χ1v) is 36.3. The van der Waals surface area contributed by atoms with Gasteiger partial charge in [-0.05, 0) is 94.0 Å². The zero-order valence-electron chi connectivity index (χ0n) is 47.1. The van der Waals surface area contributed by atoms with Crippen LogP contribution in [-0.4, -0.2) is 143 Å². The molecule has 0 radical (unpaired) electrons. The Morgan fingerprint density at radius 3 is 2.25 bits per heavy atom. The van der Waals surface area contributed by atoms with Gasteiger partial charge in [0.25, 0.3) is 10.1 Å². The molecular formula is C53H69N9O20P3S2+. The van der Waals surface area contributed by atoms with Gasteiger partial charge in [-0.25, -0.2) is 46.4 Å². The van der Waals surface area contributed by atoms with Gasteiger partial charge in [-0.2, -0.15) is 17.0 Å². The highest BCUT2D eigenvalue weighted by Gasteiger charge is 2.48. The standard InChI is InChI=1S/C53H68N9O20P3S2/c54-51-44-52(57-30-56-51)62(31-58-44)53-48(65)47(64)40(79-53)29-78-84(68,69)82-85(70,71)81-83(66,67)77-25-7-2-1-5-19-55-42(63)16-4-3-6-20-59-86(72,73)34-17-18-35(41(28-34)87(74,75)76)43-38-26-32-12-8-21-60-23-10-14-36(45(32)60)49(38)80-50-37-15-11-24-61-22-9-13-33(46(37)61)27-39(43)50/h17-18,26-28,30-31,40,47-48,53,59,64-65H,1-16,19-25,29H2,(H6-,54,55,56,57,63,66,67,68,69,70,71,74,75,76)/p+1/t40-,47-,48-,53-/m1/s1. The van der Waals surface area contributed by atoms with Gasteiger partial charge in [0.05, 0.1) is 30.0 Å². The smallest absolute Gasteiger partial charge is 0.455 e. The molecule has 7 atom stereocenters. The Hall–Kier alpha value is -5.14. The van der Waals surface area contributed by atoms with E-state index in [9.17, 15) is 64.8 Å². The molecule has 1 saturated heterocycles. The number of phosphoric acid groups is 3. The van der Waals surface area contributed by atoms with Crippen LogP contribution in [0.5, 0.6) is 11.5 Å². The molecular weight excluding hydrogens is 1240 g/mol. The lowest BCUT2D eigenvalue weighted by Gasteiger charge is -2.39. The second kappa shape index (κ2) is 25.6. The van der Waals surface area contributed by atoms with E-state index in [2.05, 4.69) is 59.7 Å². The van der Waals surface area contributed by atoms with Crippen LogP contribution in [0.15, 0.2) is 52.8 Å². The molecule has 0 bridgehead atoms. The Kier molecular flexibility index (Phi) is 18.7. The zero-order valence-corrected chi connectivity index (χ0v) is 51.5. The summed E-state index contributed by atoms with van der Waals surface area (Å²) in [4.78, 5) is 56.1. The Balaban J connectivity index is 0.612. The number of amides is 1. The highest BCUT2D eigenvalue weighted by molar-refractivity contribution is 7.89. The third-order valence-electron chi connectivity index (χ3n) is 16.3. The number of carbonyl (C=O) groups is 1. The zero-order chi connectivity index (χ0) is 61.6. The molecule has 0 spiro atoms. The van der Waals surface area contributed by atoms with Gasteiger partial charge in [-0.1, -0.05) is 25.3 Å². The van der Waals surface area contributed by atoms with Gasteiger partial charge in [0.2, 0.25) is 21.3 Å². The first kappa shape index (κ1) is 63.4. The Morgan fingerprint density at radius 1 is 0.770 bits per heavy atom. The van der Waals surface area contributed by atoms with Gasteiger partial charge in [-0.15, -0.1) is 0 Å². The van der Waals surface area contributed by atoms with Crippen molar-refractivity contribution in [1.29, 1.82) is 0 Å². The van der Waals surface area contributed by atoms with Crippen molar-refractivity contribution < 1.29 is 91.9 Å². The maximum atomic E-state index is 13.8. The number of nitrogen functional groups attached to an aromatic ring is 1. The number of aryl methyl sites for hydroxylation is 2. The Morgan fingerprint density at radius 2 is 1.47 bits per heavy atom. The first-order chi connectivity index (χ1) is 41.4. The summed E-state index contributed by atoms with van der Waals surface area (Å²) in [6.07, 6.45) is 6.23. The second-order valence-corrected chi connectivity index (χ2v) is 30.1. The molecule has 29 nitrogen and oxygen atoms in total. The van der Waals surface area contributed by atoms with Crippen LogP contribution < -0.4 is 40.6 Å². The number of nitrogens with one attached hydrogen (secondary N) is 2. The van der Waals surface area contributed by atoms with E-state index in [-0.39, 0.29) is 52.7 Å². The lowest BCUT2D eigenvalue weighted by molar-refractivity contribution is -0.121. The topological polar surface area (TPSA) is 413 Å². The van der Waals surface area contributed by atoms with E-state index >= 15 is 0 Å². The molecule has 1 amide bonds. The molecule has 8 heterocycles. The lowest BCUT2D eigenvalue weighted by atomic mass is 9.82. The first-order valence-electron chi connectivity index (χ1n) is 28.8. The number of ether oxygens (including phenoxy) is 2. The Bertz CT molecular complexity index is 4040. The van der Waals surface area contributed by atoms with Crippen molar-refractivity contribution in [3.8, 4) is 11.5 Å². The van der Waals surface area contributed by atoms with Crippen LogP contribution >= 0.6 is 23.5 Å². The van der Waals surface area contributed by atoms with Crippen LogP contribution in [-0.2, 0) is 86.7 Å². The van der Waals surface area contributed by atoms with Crippen LogP contribution in [0.25, 0.3) is 16.7 Å². The number of hydrogen-bond donors (Lipinski definition) is 9. The molecule has 0 saturated carbocycles. The van der Waals surface area contributed by atoms with Crippen molar-refractivity contribution in [3.63, 3.8) is 0 Å². The number of aliphatic hydroxyl groups is 2. The predicted octanol–water partition coefficient (Wildman–Crippen LogP) is 3.29. The normalized spacial score (nSPS) is 21.9. The lowest BCUT2D eigenvalue weighted by Crippen LogP contribution is -2.45. The van der Waals surface area contributed by atoms with Gasteiger partial charge < -0.3 is 50.3 Å². The molecule has 5 aromatic rings. The summed E-state index contributed by atoms with van der Waals surface area (Å²) in [6, 6.07) is 8.07. The number of phosphoric ester groups is 2. The van der Waals surface area contributed by atoms with E-state index in [4.69, 9.17) is 19.7 Å². The molecule has 87 heavy (non-hydrogen) atoms. The van der Waals surface area contributed by atoms with Gasteiger partial charge in [0.15, 0.2) is 17.7 Å². The van der Waals surface area contributed by atoms with Crippen molar-refractivity contribution in [2.24, 2.45) is 0 Å². The van der Waals surface area contributed by atoms with Crippen LogP contribution in [0.3, 0.4) is 0 Å². The summed E-state index contributed by atoms with van der Waals surface area (Å²) in [7, 11) is -26.0. The predicted molar refractivity (Wildman–Crippen MR) is 311 cm³/mol. The molecule has 2 aromatic heterocycles. The van der Waals surface area contributed by atoms with Crippen molar-refractivity contribution in [1.82, 2.24) is 34.1 Å².